The number of fused-ring (bicyclic) bond motifs is 14. The number of benzene rings is 7. The number of hydrogen-bond acceptors (Lipinski definition) is 3. The predicted octanol–water partition coefficient (Wildman–Crippen LogP) is 9.10. The lowest BCUT2D eigenvalue weighted by atomic mass is 9.85. The summed E-state index contributed by atoms with van der Waals surface area (Å²) in [6.45, 7) is 0. The Morgan fingerprint density at radius 3 is 1.51 bits per heavy atom. The molecule has 0 unspecified atom stereocenters. The molecule has 3 heteroatoms. The molecule has 3 nitrogen and oxygen atoms in total. The lowest BCUT2D eigenvalue weighted by molar-refractivity contribution is 0.669. The first-order chi connectivity index (χ1) is 18.3. The van der Waals surface area contributed by atoms with Crippen LogP contribution in [0.15, 0.2) is 101 Å². The molecule has 168 valence electrons. The minimum Gasteiger partial charge on any atom is -0.456 e. The third-order valence-corrected chi connectivity index (χ3v) is 7.68. The monoisotopic (exact) mass is 468 g/mol. The van der Waals surface area contributed by atoms with Crippen molar-refractivity contribution in [2.24, 2.45) is 0 Å². The fourth-order valence-electron chi connectivity index (χ4n) is 6.12. The summed E-state index contributed by atoms with van der Waals surface area (Å²) in [7, 11) is 0. The van der Waals surface area contributed by atoms with E-state index in [1.165, 1.54) is 10.8 Å². The van der Waals surface area contributed by atoms with E-state index in [-0.39, 0.29) is 0 Å². The maximum atomic E-state index is 9.89. The lowest BCUT2D eigenvalue weighted by Crippen LogP contribution is -1.91. The smallest absolute Gasteiger partial charge is 0.136 e. The Balaban J connectivity index is 1.78. The molecule has 7 aromatic carbocycles. The minimum atomic E-state index is 0.380. The van der Waals surface area contributed by atoms with E-state index in [9.17, 15) is 10.5 Å². The van der Waals surface area contributed by atoms with Gasteiger partial charge in [-0.15, -0.1) is 0 Å². The molecule has 8 rings (SSSR count). The van der Waals surface area contributed by atoms with Gasteiger partial charge in [0.1, 0.15) is 23.3 Å². The molecule has 0 bridgehead atoms. The van der Waals surface area contributed by atoms with E-state index in [0.29, 0.717) is 11.1 Å². The van der Waals surface area contributed by atoms with Crippen LogP contribution >= 0.6 is 0 Å². The van der Waals surface area contributed by atoms with Crippen LogP contribution in [0.5, 0.6) is 0 Å². The molecule has 0 aliphatic rings. The first-order valence-electron chi connectivity index (χ1n) is 12.1. The summed E-state index contributed by atoms with van der Waals surface area (Å²) in [5.41, 5.74) is 2.42. The van der Waals surface area contributed by atoms with Crippen molar-refractivity contribution in [2.45, 2.75) is 0 Å². The number of rotatable bonds is 0. The Morgan fingerprint density at radius 1 is 0.405 bits per heavy atom. The summed E-state index contributed by atoms with van der Waals surface area (Å²) in [6, 6.07) is 37.7. The van der Waals surface area contributed by atoms with Crippen molar-refractivity contribution >= 4 is 75.8 Å². The van der Waals surface area contributed by atoms with Crippen LogP contribution in [0.4, 0.5) is 0 Å². The fourth-order valence-corrected chi connectivity index (χ4v) is 6.12. The largest absolute Gasteiger partial charge is 0.456 e. The molecule has 0 amide bonds. The summed E-state index contributed by atoms with van der Waals surface area (Å²) in [6.07, 6.45) is 0. The van der Waals surface area contributed by atoms with Crippen LogP contribution in [-0.4, -0.2) is 0 Å². The highest BCUT2D eigenvalue weighted by Crippen LogP contribution is 2.46. The van der Waals surface area contributed by atoms with Crippen molar-refractivity contribution in [3.63, 3.8) is 0 Å². The highest BCUT2D eigenvalue weighted by molar-refractivity contribution is 6.40. The van der Waals surface area contributed by atoms with Gasteiger partial charge in [0.15, 0.2) is 0 Å². The first-order valence-corrected chi connectivity index (χ1v) is 12.1. The molecule has 1 aromatic heterocycles. The average Bonchev–Trinajstić information content (AvgIpc) is 3.32. The van der Waals surface area contributed by atoms with Crippen LogP contribution in [0.2, 0.25) is 0 Å². The van der Waals surface area contributed by atoms with Crippen LogP contribution < -0.4 is 0 Å². The minimum absolute atomic E-state index is 0.380. The number of furan rings is 1. The van der Waals surface area contributed by atoms with E-state index < -0.39 is 0 Å². The fraction of sp³-hybridized carbons (Fsp3) is 0. The van der Waals surface area contributed by atoms with Crippen molar-refractivity contribution in [1.29, 1.82) is 10.5 Å². The van der Waals surface area contributed by atoms with Crippen molar-refractivity contribution in [2.75, 3.05) is 0 Å². The number of nitrogens with zero attached hydrogens (tertiary/aromatic N) is 2. The molecule has 0 saturated carbocycles. The molecule has 0 radical (unpaired) electrons. The second kappa shape index (κ2) is 7.08. The quantitative estimate of drug-likeness (QED) is 0.209. The van der Waals surface area contributed by atoms with Gasteiger partial charge in [-0.1, -0.05) is 66.7 Å². The third-order valence-electron chi connectivity index (χ3n) is 7.68. The third kappa shape index (κ3) is 2.53. The van der Waals surface area contributed by atoms with Gasteiger partial charge < -0.3 is 4.42 Å². The highest BCUT2D eigenvalue weighted by Gasteiger charge is 2.19. The van der Waals surface area contributed by atoms with E-state index in [4.69, 9.17) is 4.42 Å². The van der Waals surface area contributed by atoms with Gasteiger partial charge in [0.2, 0.25) is 0 Å². The summed E-state index contributed by atoms with van der Waals surface area (Å²) in [5.74, 6) is 0. The molecule has 1 heterocycles. The maximum absolute atomic E-state index is 9.89. The van der Waals surface area contributed by atoms with Gasteiger partial charge >= 0.3 is 0 Å². The van der Waals surface area contributed by atoms with E-state index in [2.05, 4.69) is 78.9 Å². The summed E-state index contributed by atoms with van der Waals surface area (Å²) in [5, 5.41) is 32.8. The van der Waals surface area contributed by atoms with E-state index in [1.807, 2.05) is 30.3 Å². The zero-order valence-corrected chi connectivity index (χ0v) is 19.5. The molecule has 0 spiro atoms. The second-order valence-corrected chi connectivity index (χ2v) is 9.50. The van der Waals surface area contributed by atoms with Crippen molar-refractivity contribution in [3.8, 4) is 12.1 Å². The van der Waals surface area contributed by atoms with Crippen LogP contribution in [-0.2, 0) is 0 Å². The topological polar surface area (TPSA) is 60.7 Å². The van der Waals surface area contributed by atoms with Crippen LogP contribution in [0, 0.1) is 22.7 Å². The Morgan fingerprint density at radius 2 is 0.892 bits per heavy atom. The standard InChI is InChI=1S/C34H16N2O/c35-17-19-13-26-27-16-32-28(23-9-5-6-12-31(23)37-32)15-30(27)34-25-11-4-2-8-22(25)21-7-1-3-10-24(21)33(34)29(26)14-20(19)18-36/h1-16H. The van der Waals surface area contributed by atoms with Gasteiger partial charge in [-0.3, -0.25) is 0 Å². The van der Waals surface area contributed by atoms with Crippen LogP contribution in [0.1, 0.15) is 11.1 Å². The zero-order valence-electron chi connectivity index (χ0n) is 19.5. The van der Waals surface area contributed by atoms with Gasteiger partial charge in [-0.25, -0.2) is 0 Å². The maximum Gasteiger partial charge on any atom is 0.136 e. The number of hydrogen-bond donors (Lipinski definition) is 0. The van der Waals surface area contributed by atoms with E-state index in [0.717, 1.165) is 65.0 Å². The summed E-state index contributed by atoms with van der Waals surface area (Å²) < 4.78 is 6.26. The molecule has 0 N–H and O–H groups in total. The van der Waals surface area contributed by atoms with Gasteiger partial charge in [0.05, 0.1) is 11.1 Å². The van der Waals surface area contributed by atoms with Gasteiger partial charge in [0, 0.05) is 10.8 Å². The molecular formula is C34H16N2O. The highest BCUT2D eigenvalue weighted by atomic mass is 16.3. The number of para-hydroxylation sites is 1. The molecule has 0 fully saturated rings. The van der Waals surface area contributed by atoms with Crippen LogP contribution in [0.3, 0.4) is 0 Å². The zero-order chi connectivity index (χ0) is 24.7. The Kier molecular flexibility index (Phi) is 3.80. The first kappa shape index (κ1) is 19.9. The molecule has 0 atom stereocenters. The average molecular weight is 469 g/mol. The van der Waals surface area contributed by atoms with Crippen molar-refractivity contribution in [1.82, 2.24) is 0 Å². The number of nitriles is 2. The van der Waals surface area contributed by atoms with E-state index >= 15 is 0 Å². The van der Waals surface area contributed by atoms with Gasteiger partial charge in [-0.05, 0) is 84.2 Å². The summed E-state index contributed by atoms with van der Waals surface area (Å²) in [4.78, 5) is 0. The second-order valence-electron chi connectivity index (χ2n) is 9.50. The SMILES string of the molecule is N#Cc1cc2c3cc4oc5ccccc5c4cc3c3c4ccccc4c4ccccc4c3c2cc1C#N. The van der Waals surface area contributed by atoms with Gasteiger partial charge in [0.25, 0.3) is 0 Å². The summed E-state index contributed by atoms with van der Waals surface area (Å²) >= 11 is 0. The van der Waals surface area contributed by atoms with Gasteiger partial charge in [-0.2, -0.15) is 10.5 Å². The Bertz CT molecular complexity index is 2380. The molecule has 0 aliphatic heterocycles. The normalized spacial score (nSPS) is 11.7. The molecule has 37 heavy (non-hydrogen) atoms. The predicted molar refractivity (Wildman–Crippen MR) is 151 cm³/mol. The molecule has 0 saturated heterocycles. The Hall–Kier alpha value is -5.38. The molecule has 8 aromatic rings. The molecular weight excluding hydrogens is 452 g/mol. The molecule has 0 aliphatic carbocycles. The van der Waals surface area contributed by atoms with Crippen LogP contribution in [0.25, 0.3) is 75.8 Å². The van der Waals surface area contributed by atoms with Crippen molar-refractivity contribution in [3.05, 3.63) is 108 Å². The van der Waals surface area contributed by atoms with E-state index in [1.54, 1.807) is 0 Å². The Labute approximate surface area is 211 Å². The lowest BCUT2D eigenvalue weighted by Gasteiger charge is -2.17. The van der Waals surface area contributed by atoms with Crippen molar-refractivity contribution < 1.29 is 4.42 Å².